The third-order valence-corrected chi connectivity index (χ3v) is 9.02. The van der Waals surface area contributed by atoms with Crippen molar-refractivity contribution in [1.82, 2.24) is 9.55 Å². The van der Waals surface area contributed by atoms with Crippen LogP contribution in [0.5, 0.6) is 0 Å². The Morgan fingerprint density at radius 3 is 2.00 bits per heavy atom. The van der Waals surface area contributed by atoms with Crippen LogP contribution in [0.25, 0.3) is 71.7 Å². The van der Waals surface area contributed by atoms with Crippen molar-refractivity contribution in [2.75, 3.05) is 0 Å². The molecule has 0 spiro atoms. The highest BCUT2D eigenvalue weighted by atomic mass is 16.3. The lowest BCUT2D eigenvalue weighted by atomic mass is 9.92. The Kier molecular flexibility index (Phi) is 6.16. The largest absolute Gasteiger partial charge is 0.464 e. The number of furan rings is 1. The zero-order valence-electron chi connectivity index (χ0n) is 25.5. The van der Waals surface area contributed by atoms with Gasteiger partial charge in [-0.1, -0.05) is 113 Å². The quantitative estimate of drug-likeness (QED) is 0.193. The van der Waals surface area contributed by atoms with Gasteiger partial charge >= 0.3 is 0 Å². The average molecular weight is 571 g/mol. The van der Waals surface area contributed by atoms with Gasteiger partial charge in [-0.15, -0.1) is 0 Å². The molecule has 3 nitrogen and oxygen atoms in total. The summed E-state index contributed by atoms with van der Waals surface area (Å²) in [6.45, 7) is 9.09. The number of hydrogen-bond donors (Lipinski definition) is 0. The topological polar surface area (TPSA) is 31.0 Å². The summed E-state index contributed by atoms with van der Waals surface area (Å²) >= 11 is 0. The molecule has 0 amide bonds. The molecule has 2 heterocycles. The minimum atomic E-state index is 0.356. The van der Waals surface area contributed by atoms with Crippen LogP contribution in [0.4, 0.5) is 0 Å². The second kappa shape index (κ2) is 10.2. The van der Waals surface area contributed by atoms with Crippen LogP contribution in [0.1, 0.15) is 50.7 Å². The smallest absolute Gasteiger partial charge is 0.149 e. The molecule has 3 heteroatoms. The molecule has 0 N–H and O–H groups in total. The molecule has 44 heavy (non-hydrogen) atoms. The fourth-order valence-corrected chi connectivity index (χ4v) is 6.77. The summed E-state index contributed by atoms with van der Waals surface area (Å²) in [5, 5.41) is 6.10. The molecule has 0 atom stereocenters. The van der Waals surface area contributed by atoms with E-state index in [0.717, 1.165) is 39.0 Å². The maximum absolute atomic E-state index is 6.21. The summed E-state index contributed by atoms with van der Waals surface area (Å²) in [5.41, 5.74) is 10.1. The van der Waals surface area contributed by atoms with Crippen molar-refractivity contribution in [2.45, 2.75) is 39.5 Å². The molecular formula is C41H34N2O. The molecule has 8 aromatic rings. The van der Waals surface area contributed by atoms with Crippen molar-refractivity contribution in [3.05, 3.63) is 133 Å². The highest BCUT2D eigenvalue weighted by molar-refractivity contribution is 6.09. The van der Waals surface area contributed by atoms with Gasteiger partial charge in [-0.25, -0.2) is 4.98 Å². The molecular weight excluding hydrogens is 536 g/mol. The standard InChI is InChI=1S/C41H34N2O/c1-25(2)31-12-9-13-32(26(3)4)40(31)43-38-15-8-7-14-37(38)42-41(43)36-24-44-39-21-20-30(23-35(36)39)29-19-18-28-17-16-27-10-5-6-11-33(27)34(28)22-29/h5-26H,1-4H3. The Morgan fingerprint density at radius 2 is 1.23 bits per heavy atom. The second-order valence-electron chi connectivity index (χ2n) is 12.4. The highest BCUT2D eigenvalue weighted by Crippen LogP contribution is 2.40. The van der Waals surface area contributed by atoms with Gasteiger partial charge in [-0.05, 0) is 86.0 Å². The van der Waals surface area contributed by atoms with E-state index < -0.39 is 0 Å². The molecule has 6 aromatic carbocycles. The zero-order valence-corrected chi connectivity index (χ0v) is 25.5. The first-order chi connectivity index (χ1) is 21.5. The lowest BCUT2D eigenvalue weighted by Gasteiger charge is -2.22. The number of rotatable bonds is 5. The molecule has 0 fully saturated rings. The molecule has 0 aliphatic carbocycles. The molecule has 214 valence electrons. The van der Waals surface area contributed by atoms with Crippen molar-refractivity contribution in [3.63, 3.8) is 0 Å². The van der Waals surface area contributed by atoms with Crippen LogP contribution in [0.15, 0.2) is 126 Å². The normalized spacial score (nSPS) is 12.0. The average Bonchev–Trinajstić information content (AvgIpc) is 3.65. The van der Waals surface area contributed by atoms with E-state index in [-0.39, 0.29) is 0 Å². The highest BCUT2D eigenvalue weighted by Gasteiger charge is 2.24. The molecule has 0 aliphatic rings. The summed E-state index contributed by atoms with van der Waals surface area (Å²) in [4.78, 5) is 5.26. The van der Waals surface area contributed by atoms with Crippen molar-refractivity contribution < 1.29 is 4.42 Å². The van der Waals surface area contributed by atoms with E-state index >= 15 is 0 Å². The summed E-state index contributed by atoms with van der Waals surface area (Å²) in [5.74, 6) is 1.62. The summed E-state index contributed by atoms with van der Waals surface area (Å²) in [6.07, 6.45) is 1.88. The van der Waals surface area contributed by atoms with Crippen LogP contribution < -0.4 is 0 Å². The van der Waals surface area contributed by atoms with E-state index in [4.69, 9.17) is 9.40 Å². The molecule has 0 aliphatic heterocycles. The summed E-state index contributed by atoms with van der Waals surface area (Å²) < 4.78 is 8.59. The third kappa shape index (κ3) is 4.15. The SMILES string of the molecule is CC(C)c1cccc(C(C)C)c1-n1c(-c2coc3ccc(-c4ccc5ccc6ccccc6c5c4)cc23)nc2ccccc21. The fraction of sp³-hybridized carbons (Fsp3) is 0.146. The van der Waals surface area contributed by atoms with E-state index in [1.54, 1.807) is 0 Å². The van der Waals surface area contributed by atoms with Crippen LogP contribution in [0.3, 0.4) is 0 Å². The maximum atomic E-state index is 6.21. The van der Waals surface area contributed by atoms with Crippen LogP contribution in [0, 0.1) is 0 Å². The molecule has 0 radical (unpaired) electrons. The number of fused-ring (bicyclic) bond motifs is 5. The van der Waals surface area contributed by atoms with Crippen molar-refractivity contribution in [3.8, 4) is 28.2 Å². The van der Waals surface area contributed by atoms with Gasteiger partial charge in [-0.3, -0.25) is 4.57 Å². The number of nitrogens with zero attached hydrogens (tertiary/aromatic N) is 2. The van der Waals surface area contributed by atoms with Gasteiger partial charge in [0.2, 0.25) is 0 Å². The van der Waals surface area contributed by atoms with Crippen molar-refractivity contribution in [1.29, 1.82) is 0 Å². The van der Waals surface area contributed by atoms with Gasteiger partial charge in [-0.2, -0.15) is 0 Å². The zero-order chi connectivity index (χ0) is 29.9. The summed E-state index contributed by atoms with van der Waals surface area (Å²) in [7, 11) is 0. The number of para-hydroxylation sites is 3. The van der Waals surface area contributed by atoms with E-state index in [9.17, 15) is 0 Å². The number of aromatic nitrogens is 2. The lowest BCUT2D eigenvalue weighted by Crippen LogP contribution is -2.08. The minimum absolute atomic E-state index is 0.356. The fourth-order valence-electron chi connectivity index (χ4n) is 6.77. The summed E-state index contributed by atoms with van der Waals surface area (Å²) in [6, 6.07) is 41.5. The molecule has 0 bridgehead atoms. The first-order valence-corrected chi connectivity index (χ1v) is 15.5. The molecule has 8 rings (SSSR count). The molecule has 0 saturated carbocycles. The van der Waals surface area contributed by atoms with Gasteiger partial charge in [0.15, 0.2) is 0 Å². The third-order valence-electron chi connectivity index (χ3n) is 9.02. The Balaban J connectivity index is 1.37. The number of hydrogen-bond acceptors (Lipinski definition) is 2. The van der Waals surface area contributed by atoms with Crippen LogP contribution in [-0.4, -0.2) is 9.55 Å². The molecule has 0 saturated heterocycles. The van der Waals surface area contributed by atoms with Crippen molar-refractivity contribution in [2.24, 2.45) is 0 Å². The van der Waals surface area contributed by atoms with E-state index in [2.05, 4.69) is 148 Å². The first-order valence-electron chi connectivity index (χ1n) is 15.5. The van der Waals surface area contributed by atoms with Crippen LogP contribution in [-0.2, 0) is 0 Å². The minimum Gasteiger partial charge on any atom is -0.464 e. The number of imidazole rings is 1. The molecule has 2 aromatic heterocycles. The van der Waals surface area contributed by atoms with E-state index in [1.165, 1.54) is 43.9 Å². The molecule has 0 unspecified atom stereocenters. The lowest BCUT2D eigenvalue weighted by molar-refractivity contribution is 0.616. The monoisotopic (exact) mass is 570 g/mol. The van der Waals surface area contributed by atoms with E-state index in [1.807, 2.05) is 6.26 Å². The van der Waals surface area contributed by atoms with Gasteiger partial charge in [0.25, 0.3) is 0 Å². The Hall–Kier alpha value is -5.15. The maximum Gasteiger partial charge on any atom is 0.149 e. The number of benzene rings is 6. The predicted molar refractivity (Wildman–Crippen MR) is 185 cm³/mol. The van der Waals surface area contributed by atoms with Gasteiger partial charge in [0, 0.05) is 5.39 Å². The Morgan fingerprint density at radius 1 is 0.591 bits per heavy atom. The Bertz CT molecular complexity index is 2320. The van der Waals surface area contributed by atoms with Crippen LogP contribution in [0.2, 0.25) is 0 Å². The Labute approximate surface area is 257 Å². The predicted octanol–water partition coefficient (Wildman–Crippen LogP) is 11.7. The second-order valence-corrected chi connectivity index (χ2v) is 12.4. The van der Waals surface area contributed by atoms with Gasteiger partial charge < -0.3 is 4.42 Å². The van der Waals surface area contributed by atoms with Crippen molar-refractivity contribution >= 4 is 43.5 Å². The van der Waals surface area contributed by atoms with Gasteiger partial charge in [0.05, 0.1) is 22.3 Å². The van der Waals surface area contributed by atoms with E-state index in [0.29, 0.717) is 11.8 Å². The van der Waals surface area contributed by atoms with Crippen LogP contribution >= 0.6 is 0 Å². The first kappa shape index (κ1) is 26.5. The van der Waals surface area contributed by atoms with Gasteiger partial charge in [0.1, 0.15) is 17.7 Å².